The predicted molar refractivity (Wildman–Crippen MR) is 100 cm³/mol. The van der Waals surface area contributed by atoms with Gasteiger partial charge in [0.15, 0.2) is 0 Å². The minimum Gasteiger partial charge on any atom is -0.496 e. The van der Waals surface area contributed by atoms with Crippen molar-refractivity contribution in [2.45, 2.75) is 13.0 Å². The van der Waals surface area contributed by atoms with Crippen molar-refractivity contribution in [3.05, 3.63) is 29.8 Å². The first kappa shape index (κ1) is 20.1. The molecule has 25 heavy (non-hydrogen) atoms. The van der Waals surface area contributed by atoms with Crippen LogP contribution in [0.5, 0.6) is 5.75 Å². The van der Waals surface area contributed by atoms with Crippen LogP contribution in [-0.2, 0) is 10.2 Å². The Kier molecular flexibility index (Phi) is 7.21. The molecule has 1 N–H and O–H groups in total. The fourth-order valence-corrected chi connectivity index (χ4v) is 3.71. The summed E-state index contributed by atoms with van der Waals surface area (Å²) < 4.78 is 33.7. The van der Waals surface area contributed by atoms with Crippen LogP contribution >= 0.6 is 0 Å². The Labute approximate surface area is 151 Å². The lowest BCUT2D eigenvalue weighted by Crippen LogP contribution is -2.50. The van der Waals surface area contributed by atoms with Gasteiger partial charge in [-0.25, -0.2) is 4.72 Å². The first-order valence-corrected chi connectivity index (χ1v) is 10.1. The van der Waals surface area contributed by atoms with Gasteiger partial charge in [0.1, 0.15) is 5.75 Å². The highest BCUT2D eigenvalue weighted by Crippen LogP contribution is 2.29. The average molecular weight is 371 g/mol. The van der Waals surface area contributed by atoms with Crippen LogP contribution in [0, 0.1) is 0 Å². The number of benzene rings is 1. The molecule has 8 heteroatoms. The van der Waals surface area contributed by atoms with Gasteiger partial charge in [0, 0.05) is 52.4 Å². The third-order valence-electron chi connectivity index (χ3n) is 4.73. The fourth-order valence-electron chi connectivity index (χ4n) is 3.08. The molecular weight excluding hydrogens is 340 g/mol. The lowest BCUT2D eigenvalue weighted by molar-refractivity contribution is 0.0992. The smallest absolute Gasteiger partial charge is 0.278 e. The summed E-state index contributed by atoms with van der Waals surface area (Å²) in [4.78, 5) is 4.74. The summed E-state index contributed by atoms with van der Waals surface area (Å²) in [5.74, 6) is 0.787. The number of likely N-dealkylation sites (N-methyl/N-ethyl adjacent to an activating group) is 1. The van der Waals surface area contributed by atoms with Gasteiger partial charge in [-0.1, -0.05) is 25.1 Å². The molecule has 1 unspecified atom stereocenters. The number of methoxy groups -OCH3 is 1. The number of ether oxygens (including phenoxy) is 1. The van der Waals surface area contributed by atoms with Crippen LogP contribution < -0.4 is 9.46 Å². The highest BCUT2D eigenvalue weighted by atomic mass is 32.2. The number of nitrogens with zero attached hydrogens (tertiary/aromatic N) is 3. The largest absolute Gasteiger partial charge is 0.496 e. The quantitative estimate of drug-likeness (QED) is 0.732. The van der Waals surface area contributed by atoms with E-state index in [2.05, 4.69) is 21.4 Å². The molecule has 7 nitrogen and oxygen atoms in total. The van der Waals surface area contributed by atoms with E-state index in [1.54, 1.807) is 7.11 Å². The van der Waals surface area contributed by atoms with Gasteiger partial charge in [0.05, 0.1) is 13.2 Å². The van der Waals surface area contributed by atoms with Crippen LogP contribution in [0.4, 0.5) is 0 Å². The zero-order valence-electron chi connectivity index (χ0n) is 15.6. The van der Waals surface area contributed by atoms with Crippen LogP contribution in [0.1, 0.15) is 18.5 Å². The number of nitrogens with one attached hydrogen (secondary N) is 1. The van der Waals surface area contributed by atoms with Gasteiger partial charge >= 0.3 is 0 Å². The van der Waals surface area contributed by atoms with Crippen molar-refractivity contribution in [2.75, 3.05) is 60.5 Å². The molecule has 0 bridgehead atoms. The van der Waals surface area contributed by atoms with Gasteiger partial charge < -0.3 is 9.64 Å². The maximum atomic E-state index is 12.2. The van der Waals surface area contributed by atoms with E-state index in [0.29, 0.717) is 6.54 Å². The zero-order chi connectivity index (χ0) is 18.4. The van der Waals surface area contributed by atoms with Crippen LogP contribution in [0.2, 0.25) is 0 Å². The zero-order valence-corrected chi connectivity index (χ0v) is 16.4. The maximum Gasteiger partial charge on any atom is 0.278 e. The van der Waals surface area contributed by atoms with Crippen LogP contribution in [0.3, 0.4) is 0 Å². The second-order valence-corrected chi connectivity index (χ2v) is 8.33. The minimum atomic E-state index is -3.47. The van der Waals surface area contributed by atoms with Gasteiger partial charge in [0.2, 0.25) is 0 Å². The van der Waals surface area contributed by atoms with Crippen molar-refractivity contribution in [1.29, 1.82) is 0 Å². The first-order chi connectivity index (χ1) is 11.9. The Morgan fingerprint density at radius 3 is 2.40 bits per heavy atom. The molecular formula is C17H30N4O3S. The summed E-state index contributed by atoms with van der Waals surface area (Å²) >= 11 is 0. The highest BCUT2D eigenvalue weighted by molar-refractivity contribution is 7.87. The predicted octanol–water partition coefficient (Wildman–Crippen LogP) is 0.770. The van der Waals surface area contributed by atoms with Gasteiger partial charge in [-0.15, -0.1) is 0 Å². The molecule has 142 valence electrons. The molecule has 1 heterocycles. The van der Waals surface area contributed by atoms with Crippen LogP contribution in [0.15, 0.2) is 24.3 Å². The highest BCUT2D eigenvalue weighted by Gasteiger charge is 2.28. The average Bonchev–Trinajstić information content (AvgIpc) is 2.62. The van der Waals surface area contributed by atoms with E-state index in [-0.39, 0.29) is 6.04 Å². The van der Waals surface area contributed by atoms with E-state index in [1.165, 1.54) is 18.4 Å². The van der Waals surface area contributed by atoms with Crippen molar-refractivity contribution in [1.82, 2.24) is 18.8 Å². The van der Waals surface area contributed by atoms with E-state index < -0.39 is 10.2 Å². The summed E-state index contributed by atoms with van der Waals surface area (Å²) in [7, 11) is 1.23. The molecule has 2 rings (SSSR count). The Balaban J connectivity index is 2.22. The second-order valence-electron chi connectivity index (χ2n) is 6.36. The van der Waals surface area contributed by atoms with Crippen molar-refractivity contribution in [3.8, 4) is 5.75 Å². The van der Waals surface area contributed by atoms with Gasteiger partial charge in [-0.05, 0) is 12.6 Å². The molecule has 0 aliphatic carbocycles. The second kappa shape index (κ2) is 8.95. The Bertz CT molecular complexity index is 643. The summed E-state index contributed by atoms with van der Waals surface area (Å²) in [5, 5.41) is 0. The molecule has 0 aromatic heterocycles. The number of hydrogen-bond acceptors (Lipinski definition) is 5. The first-order valence-electron chi connectivity index (χ1n) is 8.65. The normalized spacial score (nSPS) is 18.4. The molecule has 1 aromatic carbocycles. The minimum absolute atomic E-state index is 0.0649. The molecule has 1 fully saturated rings. The van der Waals surface area contributed by atoms with Crippen molar-refractivity contribution in [2.24, 2.45) is 0 Å². The SMILES string of the molecule is CCN1CCN(C(CNS(=O)(=O)N(C)C)c2ccccc2OC)CC1. The Hall–Kier alpha value is -1.19. The number of rotatable bonds is 8. The Morgan fingerprint density at radius 1 is 1.20 bits per heavy atom. The summed E-state index contributed by atoms with van der Waals surface area (Å²) in [6, 6.07) is 7.77. The molecule has 1 aliphatic heterocycles. The van der Waals surface area contributed by atoms with Gasteiger partial charge in [0.25, 0.3) is 10.2 Å². The topological polar surface area (TPSA) is 65.1 Å². The molecule has 0 saturated carbocycles. The van der Waals surface area contributed by atoms with Gasteiger partial charge in [-0.2, -0.15) is 12.7 Å². The molecule has 1 atom stereocenters. The monoisotopic (exact) mass is 370 g/mol. The van der Waals surface area contributed by atoms with E-state index in [9.17, 15) is 8.42 Å². The van der Waals surface area contributed by atoms with E-state index in [1.807, 2.05) is 24.3 Å². The lowest BCUT2D eigenvalue weighted by Gasteiger charge is -2.39. The van der Waals surface area contributed by atoms with Crippen molar-refractivity contribution < 1.29 is 13.2 Å². The van der Waals surface area contributed by atoms with E-state index >= 15 is 0 Å². The Morgan fingerprint density at radius 2 is 1.84 bits per heavy atom. The summed E-state index contributed by atoms with van der Waals surface area (Å²) in [6.45, 7) is 7.30. The van der Waals surface area contributed by atoms with Crippen molar-refractivity contribution >= 4 is 10.2 Å². The third-order valence-corrected chi connectivity index (χ3v) is 6.23. The number of para-hydroxylation sites is 1. The summed E-state index contributed by atoms with van der Waals surface area (Å²) in [6.07, 6.45) is 0. The number of piperazine rings is 1. The van der Waals surface area contributed by atoms with E-state index in [0.717, 1.165) is 44.0 Å². The van der Waals surface area contributed by atoms with E-state index in [4.69, 9.17) is 4.74 Å². The van der Waals surface area contributed by atoms with Crippen LogP contribution in [-0.4, -0.2) is 83.0 Å². The molecule has 0 radical (unpaired) electrons. The lowest BCUT2D eigenvalue weighted by atomic mass is 10.0. The molecule has 1 aromatic rings. The number of hydrogen-bond donors (Lipinski definition) is 1. The molecule has 0 spiro atoms. The molecule has 1 saturated heterocycles. The standard InChI is InChI=1S/C17H30N4O3S/c1-5-20-10-12-21(13-11-20)16(14-18-25(22,23)19(2)3)15-8-6-7-9-17(15)24-4/h6-9,16,18H,5,10-14H2,1-4H3. The third kappa shape index (κ3) is 5.15. The van der Waals surface area contributed by atoms with Gasteiger partial charge in [-0.3, -0.25) is 4.90 Å². The van der Waals surface area contributed by atoms with Crippen molar-refractivity contribution in [3.63, 3.8) is 0 Å². The maximum absolute atomic E-state index is 12.2. The summed E-state index contributed by atoms with van der Waals surface area (Å²) in [5.41, 5.74) is 1.01. The molecule has 1 aliphatic rings. The fraction of sp³-hybridized carbons (Fsp3) is 0.647. The van der Waals surface area contributed by atoms with Crippen LogP contribution in [0.25, 0.3) is 0 Å². The molecule has 0 amide bonds.